The third-order valence-corrected chi connectivity index (χ3v) is 2.88. The minimum atomic E-state index is -0.530. The maximum absolute atomic E-state index is 13.0. The van der Waals surface area contributed by atoms with E-state index in [9.17, 15) is 4.39 Å². The zero-order chi connectivity index (χ0) is 10.7. The van der Waals surface area contributed by atoms with E-state index in [1.165, 1.54) is 12.1 Å². The minimum absolute atomic E-state index is 0.0715. The standard InChI is InChI=1S/C9H10BrClFNO/c1-5(4-10)14-9-7(13)3-2-6(12)8(9)11/h2-3,5H,4,13H2,1H3. The Kier molecular flexibility index (Phi) is 4.01. The van der Waals surface area contributed by atoms with Crippen LogP contribution < -0.4 is 10.5 Å². The second kappa shape index (κ2) is 4.84. The van der Waals surface area contributed by atoms with Crippen molar-refractivity contribution in [2.75, 3.05) is 11.1 Å². The molecule has 0 amide bonds. The van der Waals surface area contributed by atoms with Gasteiger partial charge in [0, 0.05) is 5.33 Å². The monoisotopic (exact) mass is 281 g/mol. The molecule has 0 saturated carbocycles. The Labute approximate surface area is 95.3 Å². The molecule has 0 aliphatic rings. The van der Waals surface area contributed by atoms with Crippen LogP contribution in [0.2, 0.25) is 5.02 Å². The first-order chi connectivity index (χ1) is 6.56. The summed E-state index contributed by atoms with van der Waals surface area (Å²) < 4.78 is 18.4. The van der Waals surface area contributed by atoms with E-state index in [-0.39, 0.29) is 16.9 Å². The molecular formula is C9H10BrClFNO. The highest BCUT2D eigenvalue weighted by atomic mass is 79.9. The molecule has 14 heavy (non-hydrogen) atoms. The third-order valence-electron chi connectivity index (χ3n) is 1.62. The van der Waals surface area contributed by atoms with E-state index >= 15 is 0 Å². The predicted octanol–water partition coefficient (Wildman–Crippen LogP) is 3.22. The van der Waals surface area contributed by atoms with E-state index < -0.39 is 5.82 Å². The van der Waals surface area contributed by atoms with Crippen LogP contribution in [0.5, 0.6) is 5.75 Å². The number of hydrogen-bond donors (Lipinski definition) is 1. The first kappa shape index (κ1) is 11.6. The zero-order valence-electron chi connectivity index (χ0n) is 7.56. The van der Waals surface area contributed by atoms with E-state index in [0.29, 0.717) is 11.0 Å². The fraction of sp³-hybridized carbons (Fsp3) is 0.333. The summed E-state index contributed by atoms with van der Waals surface area (Å²) in [5.74, 6) is -0.323. The SMILES string of the molecule is CC(CBr)Oc1c(N)ccc(F)c1Cl. The number of nitrogen functional groups attached to an aromatic ring is 1. The number of anilines is 1. The summed E-state index contributed by atoms with van der Waals surface area (Å²) in [6.45, 7) is 1.83. The van der Waals surface area contributed by atoms with Gasteiger partial charge in [0.15, 0.2) is 5.75 Å². The van der Waals surface area contributed by atoms with Crippen molar-refractivity contribution in [2.24, 2.45) is 0 Å². The molecule has 78 valence electrons. The van der Waals surface area contributed by atoms with Crippen LogP contribution in [0.3, 0.4) is 0 Å². The molecule has 1 rings (SSSR count). The molecule has 5 heteroatoms. The van der Waals surface area contributed by atoms with Gasteiger partial charge in [0.2, 0.25) is 0 Å². The molecule has 0 aromatic heterocycles. The number of halogens is 3. The van der Waals surface area contributed by atoms with Gasteiger partial charge in [-0.25, -0.2) is 4.39 Å². The molecule has 1 atom stereocenters. The Morgan fingerprint density at radius 2 is 2.29 bits per heavy atom. The van der Waals surface area contributed by atoms with E-state index in [1.807, 2.05) is 6.92 Å². The number of nitrogens with two attached hydrogens (primary N) is 1. The van der Waals surface area contributed by atoms with Crippen molar-refractivity contribution in [1.29, 1.82) is 0 Å². The summed E-state index contributed by atoms with van der Waals surface area (Å²) >= 11 is 8.94. The molecule has 0 saturated heterocycles. The highest BCUT2D eigenvalue weighted by molar-refractivity contribution is 9.09. The Bertz CT molecular complexity index is 335. The van der Waals surface area contributed by atoms with Crippen LogP contribution in [0.1, 0.15) is 6.92 Å². The molecule has 0 aliphatic carbocycles. The lowest BCUT2D eigenvalue weighted by atomic mass is 10.3. The van der Waals surface area contributed by atoms with Gasteiger partial charge in [0.25, 0.3) is 0 Å². The van der Waals surface area contributed by atoms with Crippen LogP contribution >= 0.6 is 27.5 Å². The molecule has 2 nitrogen and oxygen atoms in total. The molecule has 2 N–H and O–H groups in total. The number of benzene rings is 1. The van der Waals surface area contributed by atoms with Gasteiger partial charge in [0.1, 0.15) is 16.9 Å². The largest absolute Gasteiger partial charge is 0.486 e. The smallest absolute Gasteiger partial charge is 0.164 e. The van der Waals surface area contributed by atoms with E-state index in [2.05, 4.69) is 15.9 Å². The Morgan fingerprint density at radius 3 is 2.86 bits per heavy atom. The average molecular weight is 283 g/mol. The van der Waals surface area contributed by atoms with Crippen molar-refractivity contribution in [1.82, 2.24) is 0 Å². The van der Waals surface area contributed by atoms with Crippen molar-refractivity contribution in [3.63, 3.8) is 0 Å². The van der Waals surface area contributed by atoms with Crippen LogP contribution in [0.4, 0.5) is 10.1 Å². The molecule has 1 aromatic rings. The van der Waals surface area contributed by atoms with Gasteiger partial charge < -0.3 is 10.5 Å². The molecular weight excluding hydrogens is 272 g/mol. The van der Waals surface area contributed by atoms with Gasteiger partial charge >= 0.3 is 0 Å². The van der Waals surface area contributed by atoms with Crippen LogP contribution in [-0.2, 0) is 0 Å². The molecule has 0 aliphatic heterocycles. The maximum Gasteiger partial charge on any atom is 0.164 e. The lowest BCUT2D eigenvalue weighted by molar-refractivity contribution is 0.249. The summed E-state index contributed by atoms with van der Waals surface area (Å²) in [7, 11) is 0. The number of rotatable bonds is 3. The molecule has 0 heterocycles. The Balaban J connectivity index is 3.00. The second-order valence-electron chi connectivity index (χ2n) is 2.86. The molecule has 0 spiro atoms. The molecule has 0 radical (unpaired) electrons. The van der Waals surface area contributed by atoms with E-state index in [0.717, 1.165) is 0 Å². The van der Waals surface area contributed by atoms with Crippen LogP contribution in [0.25, 0.3) is 0 Å². The van der Waals surface area contributed by atoms with Gasteiger partial charge in [-0.05, 0) is 19.1 Å². The quantitative estimate of drug-likeness (QED) is 0.682. The van der Waals surface area contributed by atoms with Crippen molar-refractivity contribution < 1.29 is 9.13 Å². The molecule has 0 bridgehead atoms. The lowest BCUT2D eigenvalue weighted by Crippen LogP contribution is -2.14. The van der Waals surface area contributed by atoms with Crippen LogP contribution in [0.15, 0.2) is 12.1 Å². The van der Waals surface area contributed by atoms with Crippen LogP contribution in [0, 0.1) is 5.82 Å². The topological polar surface area (TPSA) is 35.2 Å². The van der Waals surface area contributed by atoms with Gasteiger partial charge in [-0.1, -0.05) is 27.5 Å². The summed E-state index contributed by atoms with van der Waals surface area (Å²) in [4.78, 5) is 0. The number of hydrogen-bond acceptors (Lipinski definition) is 2. The Hall–Kier alpha value is -0.480. The highest BCUT2D eigenvalue weighted by Gasteiger charge is 2.13. The van der Waals surface area contributed by atoms with Gasteiger partial charge in [-0.2, -0.15) is 0 Å². The van der Waals surface area contributed by atoms with Gasteiger partial charge in [0.05, 0.1) is 5.69 Å². The summed E-state index contributed by atoms with van der Waals surface area (Å²) in [5, 5.41) is 0.553. The maximum atomic E-state index is 13.0. The highest BCUT2D eigenvalue weighted by Crippen LogP contribution is 2.33. The third kappa shape index (κ3) is 2.51. The molecule has 1 unspecified atom stereocenters. The summed E-state index contributed by atoms with van der Waals surface area (Å²) in [5.41, 5.74) is 5.94. The Morgan fingerprint density at radius 1 is 1.64 bits per heavy atom. The number of alkyl halides is 1. The van der Waals surface area contributed by atoms with Crippen molar-refractivity contribution in [3.05, 3.63) is 23.0 Å². The first-order valence-electron chi connectivity index (χ1n) is 4.02. The fourth-order valence-electron chi connectivity index (χ4n) is 0.899. The summed E-state index contributed by atoms with van der Waals surface area (Å²) in [6, 6.07) is 2.64. The van der Waals surface area contributed by atoms with Crippen molar-refractivity contribution >= 4 is 33.2 Å². The van der Waals surface area contributed by atoms with Crippen molar-refractivity contribution in [3.8, 4) is 5.75 Å². The predicted molar refractivity (Wildman–Crippen MR) is 59.7 cm³/mol. The number of ether oxygens (including phenoxy) is 1. The zero-order valence-corrected chi connectivity index (χ0v) is 9.90. The van der Waals surface area contributed by atoms with Crippen LogP contribution in [-0.4, -0.2) is 11.4 Å². The minimum Gasteiger partial charge on any atom is -0.486 e. The lowest BCUT2D eigenvalue weighted by Gasteiger charge is -2.15. The van der Waals surface area contributed by atoms with Gasteiger partial charge in [-0.15, -0.1) is 0 Å². The van der Waals surface area contributed by atoms with E-state index in [1.54, 1.807) is 0 Å². The fourth-order valence-corrected chi connectivity index (χ4v) is 1.25. The average Bonchev–Trinajstić information content (AvgIpc) is 2.18. The van der Waals surface area contributed by atoms with Gasteiger partial charge in [-0.3, -0.25) is 0 Å². The normalized spacial score (nSPS) is 12.6. The second-order valence-corrected chi connectivity index (χ2v) is 3.89. The summed E-state index contributed by atoms with van der Waals surface area (Å²) in [6.07, 6.45) is -0.114. The van der Waals surface area contributed by atoms with Crippen molar-refractivity contribution in [2.45, 2.75) is 13.0 Å². The molecule has 1 aromatic carbocycles. The van der Waals surface area contributed by atoms with E-state index in [4.69, 9.17) is 22.1 Å². The molecule has 0 fully saturated rings. The first-order valence-corrected chi connectivity index (χ1v) is 5.52.